The number of carbonyl (C=O) groups is 15. The zero-order valence-corrected chi connectivity index (χ0v) is 64.3. The van der Waals surface area contributed by atoms with Crippen molar-refractivity contribution < 1.29 is 97.5 Å². The lowest BCUT2D eigenvalue weighted by atomic mass is 9.96. The summed E-state index contributed by atoms with van der Waals surface area (Å²) in [7, 11) is 0. The van der Waals surface area contributed by atoms with Gasteiger partial charge in [-0.3, -0.25) is 71.9 Å². The molecule has 3 rings (SSSR count). The minimum Gasteiger partial charge on any atom is -0.481 e. The van der Waals surface area contributed by atoms with Gasteiger partial charge in [0.15, 0.2) is 0 Å². The fraction of sp³-hybridized carbons (Fsp3) is 0.608. The van der Waals surface area contributed by atoms with E-state index in [-0.39, 0.29) is 58.0 Å². The number of aromatic amines is 1. The molecule has 0 aliphatic carbocycles. The van der Waals surface area contributed by atoms with Crippen molar-refractivity contribution in [3.63, 3.8) is 0 Å². The highest BCUT2D eigenvalue weighted by molar-refractivity contribution is 6.00. The van der Waals surface area contributed by atoms with E-state index in [9.17, 15) is 97.5 Å². The predicted molar refractivity (Wildman–Crippen MR) is 403 cm³/mol. The Morgan fingerprint density at radius 2 is 0.882 bits per heavy atom. The number of carboxylic acids is 2. The molecule has 1 heterocycles. The first-order chi connectivity index (χ1) is 52.1. The third-order valence-corrected chi connectivity index (χ3v) is 18.5. The Morgan fingerprint density at radius 1 is 0.436 bits per heavy atom. The van der Waals surface area contributed by atoms with Crippen molar-refractivity contribution in [3.8, 4) is 0 Å². The Kier molecular flexibility index (Phi) is 41.4. The van der Waals surface area contributed by atoms with E-state index in [0.717, 1.165) is 6.42 Å². The molecule has 0 saturated carbocycles. The number of fused-ring (bicyclic) bond motifs is 1. The number of carboxylic acid groups (broad SMARTS) is 2. The van der Waals surface area contributed by atoms with Crippen molar-refractivity contribution in [2.45, 2.75) is 231 Å². The fourth-order valence-corrected chi connectivity index (χ4v) is 11.4. The highest BCUT2D eigenvalue weighted by Gasteiger charge is 2.38. The molecule has 0 aliphatic rings. The minimum absolute atomic E-state index is 0.0792. The number of nitrogens with two attached hydrogens (primary N) is 2. The van der Waals surface area contributed by atoms with Crippen LogP contribution in [0.1, 0.15) is 151 Å². The quantitative estimate of drug-likeness (QED) is 0.0273. The normalized spacial score (nSPS) is 15.4. The van der Waals surface area contributed by atoms with Crippen molar-refractivity contribution in [2.75, 3.05) is 32.8 Å². The van der Waals surface area contributed by atoms with Crippen LogP contribution >= 0.6 is 0 Å². The molecular formula is C74H116N16O20. The standard InChI is InChI=1S/C74H116N16O20/c1-11-19-49(64(99)85-53(32-44-20-15-14-16-21-44)67(102)82-50(26-27-59(96)97)66(101)89-61(40(6)7)72(107)90-62(42(9)13-3)73(108)79-43(10)74(109)110)81-65(100)52(29-31-76)83-70(105)56(38-92)87-68(103)54(33-45-35-77-48-23-18-17-22-47(45)48)86-69(104)55(37-91)80-58(95)36-78-63(98)51(28-30-75)84-71(106)60(39(4)5)88-57(94)34-46(93)25-24-41(8)12-2/h14-18,20-23,35,39-43,46,49-56,60-62,77,91-93H,11-13,19,24-34,36-38,75-76H2,1-10H3,(H,78,98)(H,79,108)(H,80,95)(H,81,100)(H,82,102)(H,83,105)(H,84,106)(H,85,99)(H,86,104)(H,87,103)(H,88,94)(H,89,101)(H,90,107)(H,96,97)(H,109,110)/t41-,42-,43-,46+,49+,50-,51+,52-,53-,54+,55+,56-,60+,61-,62+/m0/s1. The summed E-state index contributed by atoms with van der Waals surface area (Å²) in [5, 5.41) is 83.6. The number of hydrogen-bond acceptors (Lipinski definition) is 20. The van der Waals surface area contributed by atoms with Gasteiger partial charge in [0.1, 0.15) is 72.5 Å². The first-order valence-corrected chi connectivity index (χ1v) is 37.3. The lowest BCUT2D eigenvalue weighted by molar-refractivity contribution is -0.142. The smallest absolute Gasteiger partial charge is 0.325 e. The number of H-pyrrole nitrogens is 1. The van der Waals surface area contributed by atoms with Crippen LogP contribution in [0.3, 0.4) is 0 Å². The maximum absolute atomic E-state index is 14.5. The Hall–Kier alpha value is -10.2. The van der Waals surface area contributed by atoms with Gasteiger partial charge in [-0.2, -0.15) is 0 Å². The van der Waals surface area contributed by atoms with Crippen LogP contribution in [0.4, 0.5) is 0 Å². The molecule has 13 amide bonds. The summed E-state index contributed by atoms with van der Waals surface area (Å²) >= 11 is 0. The van der Waals surface area contributed by atoms with E-state index in [1.54, 1.807) is 109 Å². The van der Waals surface area contributed by atoms with Crippen molar-refractivity contribution >= 4 is 99.6 Å². The van der Waals surface area contributed by atoms with Gasteiger partial charge in [-0.15, -0.1) is 0 Å². The SMILES string of the molecule is CCC[C@@H](NC(=O)[C@H](CCN)NC(=O)[C@H](CO)NC(=O)[C@@H](Cc1c[nH]c2ccccc12)NC(=O)[C@@H](CO)NC(=O)CNC(=O)[C@@H](CCN)NC(=O)[C@H](NC(=O)C[C@H](O)CC[C@@H](C)CC)C(C)C)C(=O)N[C@@H](Cc1ccccc1)C(=O)N[C@@H](CCC(=O)O)C(=O)N[C@H](C(=O)N[C@@H](C(=O)N[C@@H](C)C(=O)O)[C@@H](C)CC)C(C)C. The van der Waals surface area contributed by atoms with Gasteiger partial charge < -0.3 is 111 Å². The molecule has 0 fully saturated rings. The number of para-hydroxylation sites is 1. The maximum Gasteiger partial charge on any atom is 0.325 e. The molecule has 3 aromatic rings. The molecule has 110 heavy (non-hydrogen) atoms. The van der Waals surface area contributed by atoms with Crippen LogP contribution in [0.25, 0.3) is 10.9 Å². The Morgan fingerprint density at radius 3 is 1.41 bits per heavy atom. The lowest BCUT2D eigenvalue weighted by Gasteiger charge is -2.30. The number of carbonyl (C=O) groups excluding carboxylic acids is 13. The molecule has 612 valence electrons. The van der Waals surface area contributed by atoms with Gasteiger partial charge in [0.25, 0.3) is 0 Å². The monoisotopic (exact) mass is 1550 g/mol. The number of benzene rings is 2. The number of aromatic nitrogens is 1. The molecule has 0 bridgehead atoms. The second-order valence-electron chi connectivity index (χ2n) is 28.2. The maximum atomic E-state index is 14.5. The molecule has 0 spiro atoms. The average molecular weight is 1550 g/mol. The number of hydrogen-bond donors (Lipinski definition) is 21. The lowest BCUT2D eigenvalue weighted by Crippen LogP contribution is -2.62. The van der Waals surface area contributed by atoms with Gasteiger partial charge in [-0.25, -0.2) is 0 Å². The third-order valence-electron chi connectivity index (χ3n) is 18.5. The number of nitrogens with one attached hydrogen (secondary N) is 14. The number of aliphatic carboxylic acids is 2. The molecule has 0 radical (unpaired) electrons. The molecule has 0 aliphatic heterocycles. The van der Waals surface area contributed by atoms with Crippen molar-refractivity contribution in [1.29, 1.82) is 0 Å². The molecule has 2 aromatic carbocycles. The molecule has 0 unspecified atom stereocenters. The first kappa shape index (κ1) is 94.0. The first-order valence-electron chi connectivity index (χ1n) is 37.3. The summed E-state index contributed by atoms with van der Waals surface area (Å²) in [4.78, 5) is 207. The molecule has 36 heteroatoms. The van der Waals surface area contributed by atoms with Crippen LogP contribution < -0.4 is 80.6 Å². The summed E-state index contributed by atoms with van der Waals surface area (Å²) in [6.07, 6.45) is 0.694. The zero-order valence-electron chi connectivity index (χ0n) is 64.3. The number of aliphatic hydroxyl groups is 3. The summed E-state index contributed by atoms with van der Waals surface area (Å²) in [6, 6.07) is -2.82. The van der Waals surface area contributed by atoms with E-state index in [2.05, 4.69) is 74.1 Å². The van der Waals surface area contributed by atoms with Gasteiger partial charge >= 0.3 is 11.9 Å². The summed E-state index contributed by atoms with van der Waals surface area (Å²) in [6.45, 7) is 13.5. The van der Waals surface area contributed by atoms with Crippen LogP contribution in [0.2, 0.25) is 0 Å². The van der Waals surface area contributed by atoms with Gasteiger partial charge in [0, 0.05) is 36.4 Å². The van der Waals surface area contributed by atoms with E-state index in [1.165, 1.54) is 6.92 Å². The zero-order chi connectivity index (χ0) is 82.5. The van der Waals surface area contributed by atoms with E-state index in [0.29, 0.717) is 47.2 Å². The van der Waals surface area contributed by atoms with Gasteiger partial charge in [0.05, 0.1) is 32.3 Å². The van der Waals surface area contributed by atoms with Gasteiger partial charge in [0.2, 0.25) is 76.8 Å². The topological polar surface area (TPSA) is 581 Å². The van der Waals surface area contributed by atoms with Crippen LogP contribution in [-0.4, -0.2) is 231 Å². The van der Waals surface area contributed by atoms with Crippen molar-refractivity contribution in [2.24, 2.45) is 35.1 Å². The second-order valence-corrected chi connectivity index (χ2v) is 28.2. The molecule has 36 nitrogen and oxygen atoms in total. The Balaban J connectivity index is 1.85. The molecule has 23 N–H and O–H groups in total. The van der Waals surface area contributed by atoms with E-state index >= 15 is 0 Å². The average Bonchev–Trinajstić information content (AvgIpc) is 1.66. The Bertz CT molecular complexity index is 3560. The van der Waals surface area contributed by atoms with Crippen LogP contribution in [0.5, 0.6) is 0 Å². The number of aliphatic hydroxyl groups excluding tert-OH is 3. The molecule has 15 atom stereocenters. The van der Waals surface area contributed by atoms with E-state index in [1.807, 2.05) is 13.8 Å². The number of amides is 13. The second kappa shape index (κ2) is 48.4. The van der Waals surface area contributed by atoms with Gasteiger partial charge in [-0.1, -0.05) is 130 Å². The van der Waals surface area contributed by atoms with Crippen LogP contribution in [0, 0.1) is 23.7 Å². The van der Waals surface area contributed by atoms with Crippen LogP contribution in [0.15, 0.2) is 60.8 Å². The Labute approximate surface area is 639 Å². The molecule has 0 saturated heterocycles. The van der Waals surface area contributed by atoms with Gasteiger partial charge in [-0.05, 0) is 99.4 Å². The largest absolute Gasteiger partial charge is 0.481 e. The molecule has 1 aromatic heterocycles. The summed E-state index contributed by atoms with van der Waals surface area (Å²) in [5.41, 5.74) is 13.3. The molecular weight excluding hydrogens is 1430 g/mol. The highest BCUT2D eigenvalue weighted by atomic mass is 16.4. The predicted octanol–water partition coefficient (Wildman–Crippen LogP) is -2.73. The van der Waals surface area contributed by atoms with Crippen LogP contribution in [-0.2, 0) is 84.8 Å². The highest BCUT2D eigenvalue weighted by Crippen LogP contribution is 2.21. The third kappa shape index (κ3) is 31.8. The van der Waals surface area contributed by atoms with Crippen molar-refractivity contribution in [1.82, 2.24) is 74.1 Å². The number of rotatable bonds is 51. The summed E-state index contributed by atoms with van der Waals surface area (Å²) < 4.78 is 0. The van der Waals surface area contributed by atoms with Crippen molar-refractivity contribution in [3.05, 3.63) is 71.9 Å². The van der Waals surface area contributed by atoms with E-state index < -0.39 is 218 Å². The summed E-state index contributed by atoms with van der Waals surface area (Å²) in [5.74, 6) is -16.3. The fourth-order valence-electron chi connectivity index (χ4n) is 11.4. The van der Waals surface area contributed by atoms with E-state index in [4.69, 9.17) is 11.5 Å². The minimum atomic E-state index is -1.86.